The maximum atomic E-state index is 12.4. The van der Waals surface area contributed by atoms with Crippen LogP contribution in [0.4, 0.5) is 0 Å². The third kappa shape index (κ3) is 23.4. The SMILES string of the molecule is C.C.C.C.CNC(CCCCN)C(=O)NC(CCCCNC(=O)CCOCCOC)C(C)=O. The van der Waals surface area contributed by atoms with Crippen LogP contribution in [-0.2, 0) is 23.9 Å². The number of hydrogen-bond donors (Lipinski definition) is 4. The molecule has 9 nitrogen and oxygen atoms in total. The van der Waals surface area contributed by atoms with Crippen molar-refractivity contribution < 1.29 is 23.9 Å². The van der Waals surface area contributed by atoms with Gasteiger partial charge in [-0.1, -0.05) is 36.1 Å². The lowest BCUT2D eigenvalue weighted by Crippen LogP contribution is -2.49. The second-order valence-corrected chi connectivity index (χ2v) is 7.00. The van der Waals surface area contributed by atoms with Gasteiger partial charge in [-0.15, -0.1) is 0 Å². The summed E-state index contributed by atoms with van der Waals surface area (Å²) in [6.45, 7) is 3.98. The summed E-state index contributed by atoms with van der Waals surface area (Å²) in [5, 5.41) is 8.67. The standard InChI is InChI=1S/C20H40N4O5.4CH4/c1-16(25)17(24-20(27)18(22-2)9-4-6-11-21)8-5-7-12-23-19(26)10-13-29-15-14-28-3;;;;/h17-18,22H,4-15,21H2,1-3H3,(H,23,26)(H,24,27);4*1H4. The fourth-order valence-electron chi connectivity index (χ4n) is 2.75. The van der Waals surface area contributed by atoms with Gasteiger partial charge in [0.15, 0.2) is 5.78 Å². The highest BCUT2D eigenvalue weighted by atomic mass is 16.5. The highest BCUT2D eigenvalue weighted by Gasteiger charge is 2.22. The molecule has 0 saturated carbocycles. The summed E-state index contributed by atoms with van der Waals surface area (Å²) in [7, 11) is 3.33. The summed E-state index contributed by atoms with van der Waals surface area (Å²) in [5.41, 5.74) is 5.49. The maximum absolute atomic E-state index is 12.4. The van der Waals surface area contributed by atoms with Crippen LogP contribution in [0.2, 0.25) is 0 Å². The first-order chi connectivity index (χ1) is 14.0. The van der Waals surface area contributed by atoms with Crippen molar-refractivity contribution in [3.8, 4) is 0 Å². The molecule has 0 aromatic rings. The first kappa shape index (κ1) is 41.7. The summed E-state index contributed by atoms with van der Waals surface area (Å²) >= 11 is 0. The number of Topliss-reactive ketones (excluding diaryl/α,β-unsaturated/α-hetero) is 1. The Hall–Kier alpha value is -1.55. The van der Waals surface area contributed by atoms with Crippen LogP contribution < -0.4 is 21.7 Å². The molecular weight excluding hydrogens is 424 g/mol. The van der Waals surface area contributed by atoms with Crippen LogP contribution in [-0.4, -0.2) is 76.7 Å². The van der Waals surface area contributed by atoms with Crippen molar-refractivity contribution in [2.45, 2.75) is 93.7 Å². The van der Waals surface area contributed by atoms with Crippen LogP contribution in [0.5, 0.6) is 0 Å². The number of nitrogens with two attached hydrogens (primary N) is 1. The number of rotatable bonds is 19. The predicted octanol–water partition coefficient (Wildman–Crippen LogP) is 2.66. The molecule has 0 aromatic heterocycles. The van der Waals surface area contributed by atoms with Gasteiger partial charge in [-0.2, -0.15) is 0 Å². The molecule has 5 N–H and O–H groups in total. The van der Waals surface area contributed by atoms with Crippen molar-refractivity contribution in [3.05, 3.63) is 0 Å². The molecular formula is C24H56N4O5. The first-order valence-corrected chi connectivity index (χ1v) is 10.5. The van der Waals surface area contributed by atoms with Gasteiger partial charge in [-0.3, -0.25) is 14.4 Å². The topological polar surface area (TPSA) is 132 Å². The smallest absolute Gasteiger partial charge is 0.237 e. The maximum Gasteiger partial charge on any atom is 0.237 e. The number of likely N-dealkylation sites (N-methyl/N-ethyl adjacent to an activating group) is 1. The number of ether oxygens (including phenoxy) is 2. The Balaban J connectivity index is -0.000000653. The molecule has 0 fully saturated rings. The molecule has 0 aliphatic carbocycles. The van der Waals surface area contributed by atoms with Crippen molar-refractivity contribution in [2.75, 3.05) is 47.1 Å². The molecule has 0 radical (unpaired) electrons. The molecule has 0 saturated heterocycles. The second kappa shape index (κ2) is 28.5. The Morgan fingerprint density at radius 2 is 1.48 bits per heavy atom. The van der Waals surface area contributed by atoms with E-state index in [1.165, 1.54) is 6.92 Å². The molecule has 33 heavy (non-hydrogen) atoms. The van der Waals surface area contributed by atoms with E-state index >= 15 is 0 Å². The summed E-state index contributed by atoms with van der Waals surface area (Å²) in [4.78, 5) is 36.0. The number of carbonyl (C=O) groups excluding carboxylic acids is 3. The lowest BCUT2D eigenvalue weighted by Gasteiger charge is -2.21. The van der Waals surface area contributed by atoms with E-state index in [2.05, 4.69) is 16.0 Å². The van der Waals surface area contributed by atoms with Gasteiger partial charge in [0.05, 0.1) is 31.9 Å². The fraction of sp³-hybridized carbons (Fsp3) is 0.875. The minimum atomic E-state index is -0.502. The third-order valence-corrected chi connectivity index (χ3v) is 4.57. The average molecular weight is 481 g/mol. The van der Waals surface area contributed by atoms with Crippen molar-refractivity contribution in [1.82, 2.24) is 16.0 Å². The lowest BCUT2D eigenvalue weighted by molar-refractivity contribution is -0.128. The van der Waals surface area contributed by atoms with Crippen molar-refractivity contribution >= 4 is 17.6 Å². The number of carbonyl (C=O) groups is 3. The number of amides is 2. The van der Waals surface area contributed by atoms with Gasteiger partial charge < -0.3 is 31.2 Å². The lowest BCUT2D eigenvalue weighted by atomic mass is 10.0. The minimum absolute atomic E-state index is 0. The minimum Gasteiger partial charge on any atom is -0.382 e. The molecule has 0 rings (SSSR count). The highest BCUT2D eigenvalue weighted by Crippen LogP contribution is 2.05. The molecule has 0 heterocycles. The van der Waals surface area contributed by atoms with E-state index in [-0.39, 0.29) is 53.3 Å². The molecule has 2 amide bonds. The summed E-state index contributed by atoms with van der Waals surface area (Å²) in [6.07, 6.45) is 4.74. The largest absolute Gasteiger partial charge is 0.382 e. The quantitative estimate of drug-likeness (QED) is 0.209. The molecule has 0 bridgehead atoms. The fourth-order valence-corrected chi connectivity index (χ4v) is 2.75. The van der Waals surface area contributed by atoms with E-state index < -0.39 is 6.04 Å². The van der Waals surface area contributed by atoms with Crippen LogP contribution >= 0.6 is 0 Å². The van der Waals surface area contributed by atoms with Crippen LogP contribution in [0.3, 0.4) is 0 Å². The number of nitrogens with one attached hydrogen (secondary N) is 3. The van der Waals surface area contributed by atoms with Crippen molar-refractivity contribution in [2.24, 2.45) is 5.73 Å². The number of methoxy groups -OCH3 is 1. The molecule has 0 aliphatic heterocycles. The Bertz CT molecular complexity index is 464. The van der Waals surface area contributed by atoms with Gasteiger partial charge in [0.2, 0.25) is 11.8 Å². The Labute approximate surface area is 204 Å². The van der Waals surface area contributed by atoms with Crippen LogP contribution in [0.25, 0.3) is 0 Å². The normalized spacial score (nSPS) is 11.4. The average Bonchev–Trinajstić information content (AvgIpc) is 2.69. The van der Waals surface area contributed by atoms with Crippen LogP contribution in [0, 0.1) is 0 Å². The zero-order chi connectivity index (χ0) is 21.9. The van der Waals surface area contributed by atoms with Crippen molar-refractivity contribution in [3.63, 3.8) is 0 Å². The van der Waals surface area contributed by atoms with E-state index in [1.807, 2.05) is 0 Å². The Morgan fingerprint density at radius 1 is 0.879 bits per heavy atom. The van der Waals surface area contributed by atoms with Gasteiger partial charge in [0.1, 0.15) is 0 Å². The summed E-state index contributed by atoms with van der Waals surface area (Å²) in [5.74, 6) is -0.285. The molecule has 202 valence electrons. The molecule has 2 unspecified atom stereocenters. The monoisotopic (exact) mass is 480 g/mol. The second-order valence-electron chi connectivity index (χ2n) is 7.00. The molecule has 0 spiro atoms. The zero-order valence-electron chi connectivity index (χ0n) is 18.3. The predicted molar refractivity (Wildman–Crippen MR) is 139 cm³/mol. The molecule has 9 heteroatoms. The number of ketones is 1. The zero-order valence-corrected chi connectivity index (χ0v) is 18.3. The van der Waals surface area contributed by atoms with Gasteiger partial charge >= 0.3 is 0 Å². The summed E-state index contributed by atoms with van der Waals surface area (Å²) < 4.78 is 10.1. The van der Waals surface area contributed by atoms with Gasteiger partial charge in [0.25, 0.3) is 0 Å². The molecule has 0 aromatic carbocycles. The summed E-state index contributed by atoms with van der Waals surface area (Å²) in [6, 6.07) is -0.827. The van der Waals surface area contributed by atoms with Crippen molar-refractivity contribution in [1.29, 1.82) is 0 Å². The highest BCUT2D eigenvalue weighted by molar-refractivity contribution is 5.89. The number of hydrogen-bond acceptors (Lipinski definition) is 7. The Kier molecular flexibility index (Phi) is 36.0. The van der Waals surface area contributed by atoms with E-state index in [1.54, 1.807) is 14.2 Å². The Morgan fingerprint density at radius 3 is 2.03 bits per heavy atom. The third-order valence-electron chi connectivity index (χ3n) is 4.57. The molecule has 0 aliphatic rings. The number of unbranched alkanes of at least 4 members (excludes halogenated alkanes) is 2. The van der Waals surface area contributed by atoms with E-state index in [9.17, 15) is 14.4 Å². The van der Waals surface area contributed by atoms with E-state index in [0.29, 0.717) is 52.2 Å². The van der Waals surface area contributed by atoms with Gasteiger partial charge in [-0.05, 0) is 52.6 Å². The van der Waals surface area contributed by atoms with Gasteiger partial charge in [0, 0.05) is 20.1 Å². The van der Waals surface area contributed by atoms with E-state index in [0.717, 1.165) is 25.7 Å². The van der Waals surface area contributed by atoms with Gasteiger partial charge in [-0.25, -0.2) is 0 Å². The first-order valence-electron chi connectivity index (χ1n) is 10.5. The van der Waals surface area contributed by atoms with Crippen LogP contribution in [0.1, 0.15) is 81.6 Å². The van der Waals surface area contributed by atoms with E-state index in [4.69, 9.17) is 15.2 Å². The van der Waals surface area contributed by atoms with Crippen LogP contribution in [0.15, 0.2) is 0 Å². The molecule has 2 atom stereocenters.